The molecule has 30 heavy (non-hydrogen) atoms. The maximum Gasteiger partial charge on any atom is 0.240 e. The van der Waals surface area contributed by atoms with Crippen LogP contribution in [-0.2, 0) is 21.2 Å². The van der Waals surface area contributed by atoms with Gasteiger partial charge in [0.2, 0.25) is 15.9 Å². The Morgan fingerprint density at radius 3 is 2.30 bits per heavy atom. The highest BCUT2D eigenvalue weighted by molar-refractivity contribution is 7.89. The van der Waals surface area contributed by atoms with Crippen molar-refractivity contribution < 1.29 is 13.2 Å². The van der Waals surface area contributed by atoms with Crippen molar-refractivity contribution in [1.82, 2.24) is 14.5 Å². The number of halogens is 1. The lowest BCUT2D eigenvalue weighted by atomic mass is 10.1. The summed E-state index contributed by atoms with van der Waals surface area (Å²) in [5, 5.41) is 0.775. The topological polar surface area (TPSA) is 69.7 Å². The zero-order valence-electron chi connectivity index (χ0n) is 17.3. The van der Waals surface area contributed by atoms with Gasteiger partial charge >= 0.3 is 0 Å². The molecule has 0 saturated carbocycles. The summed E-state index contributed by atoms with van der Waals surface area (Å²) in [4.78, 5) is 17.1. The summed E-state index contributed by atoms with van der Waals surface area (Å²) in [7, 11) is -2.05. The number of benzene rings is 2. The van der Waals surface area contributed by atoms with E-state index in [9.17, 15) is 13.2 Å². The highest BCUT2D eigenvalue weighted by Crippen LogP contribution is 2.27. The van der Waals surface area contributed by atoms with Crippen LogP contribution in [0.15, 0.2) is 53.4 Å². The molecule has 162 valence electrons. The lowest BCUT2D eigenvalue weighted by Gasteiger charge is -2.38. The summed E-state index contributed by atoms with van der Waals surface area (Å²) in [6, 6.07) is 14.8. The maximum atomic E-state index is 12.6. The zero-order valence-corrected chi connectivity index (χ0v) is 18.9. The van der Waals surface area contributed by atoms with Gasteiger partial charge in [0.1, 0.15) is 0 Å². The van der Waals surface area contributed by atoms with Crippen molar-refractivity contribution in [3.63, 3.8) is 0 Å². The van der Waals surface area contributed by atoms with E-state index in [1.807, 2.05) is 23.1 Å². The molecule has 0 aliphatic carbocycles. The standard InChI is InChI=1S/C22H28ClN3O3S/c1-17(20-5-3-4-6-21(20)23)25-13-15-26(16-14-25)22(27)12-9-18-7-10-19(11-8-18)30(28,29)24-2/h3-8,10-11,17,24H,9,12-16H2,1-2H3. The van der Waals surface area contributed by atoms with E-state index in [4.69, 9.17) is 11.6 Å². The first kappa shape index (κ1) is 22.7. The van der Waals surface area contributed by atoms with Crippen molar-refractivity contribution >= 4 is 27.5 Å². The second-order valence-corrected chi connectivity index (χ2v) is 9.76. The Hall–Kier alpha value is -1.93. The lowest BCUT2D eigenvalue weighted by Crippen LogP contribution is -2.49. The third kappa shape index (κ3) is 5.40. The normalized spacial score (nSPS) is 16.4. The van der Waals surface area contributed by atoms with Crippen molar-refractivity contribution in [2.75, 3.05) is 33.2 Å². The van der Waals surface area contributed by atoms with E-state index in [-0.39, 0.29) is 16.8 Å². The van der Waals surface area contributed by atoms with Crippen molar-refractivity contribution in [2.24, 2.45) is 0 Å². The number of nitrogens with one attached hydrogen (secondary N) is 1. The smallest absolute Gasteiger partial charge is 0.240 e. The fraction of sp³-hybridized carbons (Fsp3) is 0.409. The van der Waals surface area contributed by atoms with Crippen LogP contribution in [0.2, 0.25) is 5.02 Å². The molecule has 1 fully saturated rings. The lowest BCUT2D eigenvalue weighted by molar-refractivity contribution is -0.133. The van der Waals surface area contributed by atoms with Crippen LogP contribution in [0, 0.1) is 0 Å². The third-order valence-corrected chi connectivity index (χ3v) is 7.47. The number of hydrogen-bond donors (Lipinski definition) is 1. The monoisotopic (exact) mass is 449 g/mol. The Morgan fingerprint density at radius 1 is 1.07 bits per heavy atom. The number of carbonyl (C=O) groups is 1. The SMILES string of the molecule is CNS(=O)(=O)c1ccc(CCC(=O)N2CCN(C(C)c3ccccc3Cl)CC2)cc1. The predicted molar refractivity (Wildman–Crippen MR) is 119 cm³/mol. The van der Waals surface area contributed by atoms with E-state index in [2.05, 4.69) is 22.6 Å². The van der Waals surface area contributed by atoms with Crippen LogP contribution in [0.5, 0.6) is 0 Å². The molecule has 1 heterocycles. The van der Waals surface area contributed by atoms with E-state index in [0.29, 0.717) is 25.9 Å². The minimum Gasteiger partial charge on any atom is -0.340 e. The molecule has 0 radical (unpaired) electrons. The Morgan fingerprint density at radius 2 is 1.70 bits per heavy atom. The summed E-state index contributed by atoms with van der Waals surface area (Å²) >= 11 is 6.33. The van der Waals surface area contributed by atoms with Gasteiger partial charge in [-0.2, -0.15) is 0 Å². The van der Waals surface area contributed by atoms with E-state index in [1.54, 1.807) is 24.3 Å². The Bertz CT molecular complexity index is 971. The van der Waals surface area contributed by atoms with E-state index in [0.717, 1.165) is 29.2 Å². The van der Waals surface area contributed by atoms with Crippen LogP contribution in [0.1, 0.15) is 30.5 Å². The van der Waals surface area contributed by atoms with Crippen LogP contribution >= 0.6 is 11.6 Å². The fourth-order valence-corrected chi connectivity index (χ4v) is 4.76. The van der Waals surface area contributed by atoms with E-state index >= 15 is 0 Å². The van der Waals surface area contributed by atoms with Crippen LogP contribution in [0.4, 0.5) is 0 Å². The van der Waals surface area contributed by atoms with Gasteiger partial charge in [-0.3, -0.25) is 9.69 Å². The average Bonchev–Trinajstić information content (AvgIpc) is 2.77. The second-order valence-electron chi connectivity index (χ2n) is 7.47. The summed E-state index contributed by atoms with van der Waals surface area (Å²) in [5.41, 5.74) is 2.06. The van der Waals surface area contributed by atoms with Gasteiger partial charge in [-0.15, -0.1) is 0 Å². The molecule has 0 bridgehead atoms. The molecule has 1 saturated heterocycles. The van der Waals surface area contributed by atoms with Gasteiger partial charge in [-0.25, -0.2) is 13.1 Å². The second kappa shape index (κ2) is 9.92. The van der Waals surface area contributed by atoms with Crippen LogP contribution in [0.25, 0.3) is 0 Å². The first-order valence-electron chi connectivity index (χ1n) is 10.1. The molecule has 0 spiro atoms. The first-order valence-corrected chi connectivity index (χ1v) is 12.0. The van der Waals surface area contributed by atoms with Crippen molar-refractivity contribution in [3.8, 4) is 0 Å². The largest absolute Gasteiger partial charge is 0.340 e. The molecule has 0 aromatic heterocycles. The molecule has 1 aliphatic rings. The molecule has 6 nitrogen and oxygen atoms in total. The molecule has 1 amide bonds. The fourth-order valence-electron chi connectivity index (χ4n) is 3.73. The minimum atomic E-state index is -3.44. The Balaban J connectivity index is 1.49. The number of sulfonamides is 1. The van der Waals surface area contributed by atoms with E-state index in [1.165, 1.54) is 7.05 Å². The number of piperazine rings is 1. The van der Waals surface area contributed by atoms with Crippen LogP contribution in [-0.4, -0.2) is 57.4 Å². The highest BCUT2D eigenvalue weighted by atomic mass is 35.5. The average molecular weight is 450 g/mol. The number of hydrogen-bond acceptors (Lipinski definition) is 4. The van der Waals surface area contributed by atoms with Crippen LogP contribution < -0.4 is 4.72 Å². The molecule has 2 aromatic carbocycles. The third-order valence-electron chi connectivity index (χ3n) is 5.70. The summed E-state index contributed by atoms with van der Waals surface area (Å²) in [6.07, 6.45) is 1.01. The molecule has 1 aliphatic heterocycles. The quantitative estimate of drug-likeness (QED) is 0.705. The molecule has 3 rings (SSSR count). The van der Waals surface area contributed by atoms with Crippen molar-refractivity contribution in [2.45, 2.75) is 30.7 Å². The van der Waals surface area contributed by atoms with Gasteiger partial charge in [0.25, 0.3) is 0 Å². The predicted octanol–water partition coefficient (Wildman–Crippen LogP) is 3.09. The molecular formula is C22H28ClN3O3S. The van der Waals surface area contributed by atoms with Crippen molar-refractivity contribution in [1.29, 1.82) is 0 Å². The summed E-state index contributed by atoms with van der Waals surface area (Å²) in [6.45, 7) is 5.18. The first-order chi connectivity index (χ1) is 14.3. The van der Waals surface area contributed by atoms with E-state index < -0.39 is 10.0 Å². The number of amides is 1. The molecule has 1 unspecified atom stereocenters. The molecule has 1 atom stereocenters. The summed E-state index contributed by atoms with van der Waals surface area (Å²) in [5.74, 6) is 0.131. The molecular weight excluding hydrogens is 422 g/mol. The Labute approximate surface area is 183 Å². The molecule has 8 heteroatoms. The number of aryl methyl sites for hydroxylation is 1. The van der Waals surface area contributed by atoms with Gasteiger partial charge < -0.3 is 4.90 Å². The van der Waals surface area contributed by atoms with Crippen molar-refractivity contribution in [3.05, 3.63) is 64.7 Å². The highest BCUT2D eigenvalue weighted by Gasteiger charge is 2.25. The van der Waals surface area contributed by atoms with Gasteiger partial charge in [0.05, 0.1) is 4.90 Å². The minimum absolute atomic E-state index is 0.131. The van der Waals surface area contributed by atoms with Crippen LogP contribution in [0.3, 0.4) is 0 Å². The summed E-state index contributed by atoms with van der Waals surface area (Å²) < 4.78 is 25.9. The van der Waals surface area contributed by atoms with Gasteiger partial charge in [-0.1, -0.05) is 41.9 Å². The Kier molecular flexibility index (Phi) is 7.52. The van der Waals surface area contributed by atoms with Gasteiger partial charge in [0, 0.05) is 43.7 Å². The number of carbonyl (C=O) groups excluding carboxylic acids is 1. The zero-order chi connectivity index (χ0) is 21.7. The molecule has 1 N–H and O–H groups in total. The molecule has 2 aromatic rings. The number of nitrogens with zero attached hydrogens (tertiary/aromatic N) is 2. The number of rotatable bonds is 7. The van der Waals surface area contributed by atoms with Gasteiger partial charge in [0.15, 0.2) is 0 Å². The maximum absolute atomic E-state index is 12.6. The van der Waals surface area contributed by atoms with Gasteiger partial charge in [-0.05, 0) is 49.7 Å².